The van der Waals surface area contributed by atoms with Gasteiger partial charge in [0, 0.05) is 25.0 Å². The van der Waals surface area contributed by atoms with E-state index in [0.717, 1.165) is 19.5 Å². The van der Waals surface area contributed by atoms with Crippen LogP contribution in [0.5, 0.6) is 0 Å². The monoisotopic (exact) mass is 179 g/mol. The molecule has 1 aromatic rings. The van der Waals surface area contributed by atoms with Crippen LogP contribution >= 0.6 is 0 Å². The van der Waals surface area contributed by atoms with Gasteiger partial charge in [0.15, 0.2) is 0 Å². The Kier molecular flexibility index (Phi) is 4.26. The van der Waals surface area contributed by atoms with Gasteiger partial charge in [0.05, 0.1) is 0 Å². The maximum atomic E-state index is 4.12. The zero-order valence-electron chi connectivity index (χ0n) is 8.11. The van der Waals surface area contributed by atoms with Gasteiger partial charge < -0.3 is 5.32 Å². The molecule has 1 N–H and O–H groups in total. The maximum Gasteiger partial charge on any atom is 0.0489 e. The summed E-state index contributed by atoms with van der Waals surface area (Å²) in [5.74, 6) is 0. The van der Waals surface area contributed by atoms with Gasteiger partial charge in [-0.2, -0.15) is 5.10 Å². The summed E-state index contributed by atoms with van der Waals surface area (Å²) in [6.07, 6.45) is 6.80. The molecule has 1 rings (SSSR count). The van der Waals surface area contributed by atoms with Gasteiger partial charge in [0.25, 0.3) is 0 Å². The number of nitrogens with one attached hydrogen (secondary N) is 1. The van der Waals surface area contributed by atoms with Gasteiger partial charge in [-0.25, -0.2) is 0 Å². The minimum absolute atomic E-state index is 0.401. The summed E-state index contributed by atoms with van der Waals surface area (Å²) < 4.78 is 1.94. The van der Waals surface area contributed by atoms with Gasteiger partial charge in [0.2, 0.25) is 0 Å². The summed E-state index contributed by atoms with van der Waals surface area (Å²) in [4.78, 5) is 0. The lowest BCUT2D eigenvalue weighted by Crippen LogP contribution is -2.25. The molecule has 0 saturated heterocycles. The van der Waals surface area contributed by atoms with Gasteiger partial charge in [-0.1, -0.05) is 6.08 Å². The predicted octanol–water partition coefficient (Wildman–Crippen LogP) is 1.44. The fraction of sp³-hybridized carbons (Fsp3) is 0.500. The second kappa shape index (κ2) is 5.54. The Morgan fingerprint density at radius 3 is 3.15 bits per heavy atom. The summed E-state index contributed by atoms with van der Waals surface area (Å²) in [6, 6.07) is 2.34. The SMILES string of the molecule is C=CC(C)NCCCn1cccn1. The van der Waals surface area contributed by atoms with E-state index in [1.807, 2.05) is 23.0 Å². The van der Waals surface area contributed by atoms with Crippen LogP contribution in [0.2, 0.25) is 0 Å². The fourth-order valence-electron chi connectivity index (χ4n) is 1.09. The van der Waals surface area contributed by atoms with E-state index in [-0.39, 0.29) is 0 Å². The molecule has 1 heterocycles. The third kappa shape index (κ3) is 3.90. The standard InChI is InChI=1S/C10H17N3/c1-3-10(2)11-6-4-8-13-9-5-7-12-13/h3,5,7,9-11H,1,4,6,8H2,2H3. The van der Waals surface area contributed by atoms with E-state index >= 15 is 0 Å². The largest absolute Gasteiger partial charge is 0.311 e. The number of hydrogen-bond acceptors (Lipinski definition) is 2. The molecule has 0 aromatic carbocycles. The smallest absolute Gasteiger partial charge is 0.0489 e. The molecule has 13 heavy (non-hydrogen) atoms. The Balaban J connectivity index is 2.05. The molecule has 1 atom stereocenters. The lowest BCUT2D eigenvalue weighted by Gasteiger charge is -2.08. The van der Waals surface area contributed by atoms with Crippen LogP contribution in [-0.2, 0) is 6.54 Å². The number of nitrogens with zero attached hydrogens (tertiary/aromatic N) is 2. The molecular formula is C10H17N3. The summed E-state index contributed by atoms with van der Waals surface area (Å²) in [6.45, 7) is 7.79. The first-order valence-corrected chi connectivity index (χ1v) is 4.66. The number of rotatable bonds is 6. The van der Waals surface area contributed by atoms with Crippen LogP contribution in [0.15, 0.2) is 31.1 Å². The Bertz CT molecular complexity index is 228. The van der Waals surface area contributed by atoms with Crippen molar-refractivity contribution in [1.82, 2.24) is 15.1 Å². The molecule has 0 aliphatic rings. The average molecular weight is 179 g/mol. The van der Waals surface area contributed by atoms with Crippen molar-refractivity contribution in [2.24, 2.45) is 0 Å². The Morgan fingerprint density at radius 2 is 2.54 bits per heavy atom. The number of aromatic nitrogens is 2. The highest BCUT2D eigenvalue weighted by atomic mass is 15.3. The molecule has 0 aliphatic carbocycles. The number of hydrogen-bond donors (Lipinski definition) is 1. The van der Waals surface area contributed by atoms with Crippen molar-refractivity contribution in [3.05, 3.63) is 31.1 Å². The number of aryl methyl sites for hydroxylation is 1. The Labute approximate surface area is 79.5 Å². The van der Waals surface area contributed by atoms with Crippen LogP contribution < -0.4 is 5.32 Å². The van der Waals surface area contributed by atoms with Crippen LogP contribution in [-0.4, -0.2) is 22.4 Å². The lowest BCUT2D eigenvalue weighted by atomic mass is 10.3. The third-order valence-corrected chi connectivity index (χ3v) is 1.94. The molecule has 3 nitrogen and oxygen atoms in total. The van der Waals surface area contributed by atoms with Crippen LogP contribution in [0.25, 0.3) is 0 Å². The van der Waals surface area contributed by atoms with E-state index in [1.165, 1.54) is 0 Å². The van der Waals surface area contributed by atoms with E-state index in [1.54, 1.807) is 6.20 Å². The quantitative estimate of drug-likeness (QED) is 0.529. The molecule has 1 aromatic heterocycles. The highest BCUT2D eigenvalue weighted by Gasteiger charge is 1.94. The zero-order valence-corrected chi connectivity index (χ0v) is 8.11. The van der Waals surface area contributed by atoms with Crippen molar-refractivity contribution in [3.8, 4) is 0 Å². The Morgan fingerprint density at radius 1 is 1.69 bits per heavy atom. The van der Waals surface area contributed by atoms with Crippen LogP contribution in [0.4, 0.5) is 0 Å². The van der Waals surface area contributed by atoms with Gasteiger partial charge >= 0.3 is 0 Å². The van der Waals surface area contributed by atoms with Crippen molar-refractivity contribution in [2.75, 3.05) is 6.54 Å². The first-order valence-electron chi connectivity index (χ1n) is 4.66. The van der Waals surface area contributed by atoms with Crippen molar-refractivity contribution in [2.45, 2.75) is 25.9 Å². The van der Waals surface area contributed by atoms with Gasteiger partial charge in [-0.3, -0.25) is 4.68 Å². The molecule has 0 saturated carbocycles. The van der Waals surface area contributed by atoms with E-state index in [2.05, 4.69) is 23.9 Å². The summed E-state index contributed by atoms with van der Waals surface area (Å²) in [5.41, 5.74) is 0. The second-order valence-electron chi connectivity index (χ2n) is 3.10. The molecule has 0 amide bonds. The lowest BCUT2D eigenvalue weighted by molar-refractivity contribution is 0.529. The minimum atomic E-state index is 0.401. The van der Waals surface area contributed by atoms with Crippen LogP contribution in [0, 0.1) is 0 Å². The molecule has 0 radical (unpaired) electrons. The molecule has 0 fully saturated rings. The van der Waals surface area contributed by atoms with E-state index < -0.39 is 0 Å². The summed E-state index contributed by atoms with van der Waals surface area (Å²) in [5, 5.41) is 7.46. The minimum Gasteiger partial charge on any atom is -0.311 e. The van der Waals surface area contributed by atoms with Crippen LogP contribution in [0.3, 0.4) is 0 Å². The highest BCUT2D eigenvalue weighted by Crippen LogP contribution is 1.89. The molecular weight excluding hydrogens is 162 g/mol. The molecule has 3 heteroatoms. The topological polar surface area (TPSA) is 29.9 Å². The summed E-state index contributed by atoms with van der Waals surface area (Å²) in [7, 11) is 0. The normalized spacial score (nSPS) is 12.7. The van der Waals surface area contributed by atoms with Gasteiger partial charge in [-0.15, -0.1) is 6.58 Å². The van der Waals surface area contributed by atoms with E-state index in [4.69, 9.17) is 0 Å². The fourth-order valence-corrected chi connectivity index (χ4v) is 1.09. The molecule has 0 bridgehead atoms. The van der Waals surface area contributed by atoms with E-state index in [0.29, 0.717) is 6.04 Å². The van der Waals surface area contributed by atoms with Crippen molar-refractivity contribution in [3.63, 3.8) is 0 Å². The molecule has 0 spiro atoms. The maximum absolute atomic E-state index is 4.12. The molecule has 72 valence electrons. The first-order chi connectivity index (χ1) is 6.33. The van der Waals surface area contributed by atoms with Gasteiger partial charge in [-0.05, 0) is 26.0 Å². The molecule has 0 aliphatic heterocycles. The van der Waals surface area contributed by atoms with Gasteiger partial charge in [0.1, 0.15) is 0 Å². The van der Waals surface area contributed by atoms with Crippen LogP contribution in [0.1, 0.15) is 13.3 Å². The first kappa shape index (κ1) is 9.99. The zero-order chi connectivity index (χ0) is 9.52. The highest BCUT2D eigenvalue weighted by molar-refractivity contribution is 4.81. The molecule has 1 unspecified atom stereocenters. The van der Waals surface area contributed by atoms with Crippen molar-refractivity contribution >= 4 is 0 Å². The van der Waals surface area contributed by atoms with Crippen molar-refractivity contribution in [1.29, 1.82) is 0 Å². The Hall–Kier alpha value is -1.09. The average Bonchev–Trinajstić information content (AvgIpc) is 2.64. The predicted molar refractivity (Wildman–Crippen MR) is 54.5 cm³/mol. The second-order valence-corrected chi connectivity index (χ2v) is 3.10. The van der Waals surface area contributed by atoms with E-state index in [9.17, 15) is 0 Å². The third-order valence-electron chi connectivity index (χ3n) is 1.94. The summed E-state index contributed by atoms with van der Waals surface area (Å²) >= 11 is 0. The van der Waals surface area contributed by atoms with Crippen molar-refractivity contribution < 1.29 is 0 Å².